The lowest BCUT2D eigenvalue weighted by Crippen LogP contribution is -2.30. The fourth-order valence-corrected chi connectivity index (χ4v) is 2.37. The van der Waals surface area contributed by atoms with Crippen LogP contribution in [0.1, 0.15) is 27.3 Å². The van der Waals surface area contributed by atoms with Crippen LogP contribution in [0, 0.1) is 24.0 Å². The predicted molar refractivity (Wildman–Crippen MR) is 88.2 cm³/mol. The molecular formula is C16H18N4O5. The van der Waals surface area contributed by atoms with Gasteiger partial charge in [-0.3, -0.25) is 24.4 Å². The molecule has 0 aliphatic rings. The van der Waals surface area contributed by atoms with Gasteiger partial charge in [-0.2, -0.15) is 5.10 Å². The first-order chi connectivity index (χ1) is 11.8. The predicted octanol–water partition coefficient (Wildman–Crippen LogP) is 1.36. The normalized spacial score (nSPS) is 10.4. The molecule has 2 rings (SSSR count). The molecule has 132 valence electrons. The minimum atomic E-state index is -0.531. The molecule has 0 radical (unpaired) electrons. The van der Waals surface area contributed by atoms with E-state index in [9.17, 15) is 19.7 Å². The maximum absolute atomic E-state index is 11.9. The van der Waals surface area contributed by atoms with E-state index >= 15 is 0 Å². The number of esters is 1. The fraction of sp³-hybridized carbons (Fsp3) is 0.312. The monoisotopic (exact) mass is 346 g/mol. The number of hydrogen-bond donors (Lipinski definition) is 1. The van der Waals surface area contributed by atoms with E-state index in [4.69, 9.17) is 0 Å². The highest BCUT2D eigenvalue weighted by Gasteiger charge is 2.21. The second-order valence-corrected chi connectivity index (χ2v) is 5.39. The number of rotatable bonds is 6. The van der Waals surface area contributed by atoms with E-state index in [-0.39, 0.29) is 12.2 Å². The standard InChI is InChI=1S/C16H18N4O5/c1-10-15(20(23)24)11(2)19(18-10)9-12-4-6-13(7-5-12)16(22)17-8-14(21)25-3/h4-7H,8-9H2,1-3H3,(H,17,22). The molecule has 1 heterocycles. The first-order valence-corrected chi connectivity index (χ1v) is 7.45. The lowest BCUT2D eigenvalue weighted by atomic mass is 10.1. The van der Waals surface area contributed by atoms with Gasteiger partial charge in [-0.15, -0.1) is 0 Å². The average molecular weight is 346 g/mol. The van der Waals surface area contributed by atoms with Gasteiger partial charge in [0.25, 0.3) is 5.91 Å². The highest BCUT2D eigenvalue weighted by Crippen LogP contribution is 2.22. The quantitative estimate of drug-likeness (QED) is 0.479. The van der Waals surface area contributed by atoms with Crippen molar-refractivity contribution >= 4 is 17.6 Å². The lowest BCUT2D eigenvalue weighted by Gasteiger charge is -2.07. The molecule has 0 aliphatic heterocycles. The molecule has 0 atom stereocenters. The third-order valence-corrected chi connectivity index (χ3v) is 3.70. The molecular weight excluding hydrogens is 328 g/mol. The van der Waals surface area contributed by atoms with E-state index in [1.807, 2.05) is 0 Å². The molecule has 9 heteroatoms. The van der Waals surface area contributed by atoms with Gasteiger partial charge in [-0.1, -0.05) is 12.1 Å². The summed E-state index contributed by atoms with van der Waals surface area (Å²) in [7, 11) is 1.24. The molecule has 0 unspecified atom stereocenters. The van der Waals surface area contributed by atoms with Crippen LogP contribution in [0.15, 0.2) is 24.3 Å². The van der Waals surface area contributed by atoms with Crippen LogP contribution in [-0.2, 0) is 16.1 Å². The van der Waals surface area contributed by atoms with Crippen molar-refractivity contribution in [3.8, 4) is 0 Å². The van der Waals surface area contributed by atoms with Crippen molar-refractivity contribution in [2.24, 2.45) is 0 Å². The lowest BCUT2D eigenvalue weighted by molar-refractivity contribution is -0.386. The van der Waals surface area contributed by atoms with Gasteiger partial charge in [0.15, 0.2) is 0 Å². The van der Waals surface area contributed by atoms with Gasteiger partial charge >= 0.3 is 11.7 Å². The highest BCUT2D eigenvalue weighted by molar-refractivity contribution is 5.95. The van der Waals surface area contributed by atoms with E-state index in [0.29, 0.717) is 23.5 Å². The van der Waals surface area contributed by atoms with Gasteiger partial charge in [0.1, 0.15) is 17.9 Å². The topological polar surface area (TPSA) is 116 Å². The number of nitrogens with zero attached hydrogens (tertiary/aromatic N) is 3. The second-order valence-electron chi connectivity index (χ2n) is 5.39. The molecule has 0 spiro atoms. The molecule has 25 heavy (non-hydrogen) atoms. The van der Waals surface area contributed by atoms with Crippen molar-refractivity contribution in [1.82, 2.24) is 15.1 Å². The van der Waals surface area contributed by atoms with Crippen LogP contribution in [-0.4, -0.2) is 40.2 Å². The van der Waals surface area contributed by atoms with Gasteiger partial charge in [0.2, 0.25) is 0 Å². The highest BCUT2D eigenvalue weighted by atomic mass is 16.6. The molecule has 1 aromatic heterocycles. The largest absolute Gasteiger partial charge is 0.468 e. The van der Waals surface area contributed by atoms with Crippen molar-refractivity contribution in [1.29, 1.82) is 0 Å². The number of carbonyl (C=O) groups excluding carboxylic acids is 2. The van der Waals surface area contributed by atoms with E-state index in [1.165, 1.54) is 7.11 Å². The Balaban J connectivity index is 2.08. The second kappa shape index (κ2) is 7.56. The maximum Gasteiger partial charge on any atom is 0.325 e. The zero-order valence-corrected chi connectivity index (χ0v) is 14.1. The molecule has 2 aromatic rings. The number of nitrogens with one attached hydrogen (secondary N) is 1. The van der Waals surface area contributed by atoms with Crippen LogP contribution >= 0.6 is 0 Å². The Labute approximate surface area is 143 Å². The summed E-state index contributed by atoms with van der Waals surface area (Å²) in [4.78, 5) is 33.5. The summed E-state index contributed by atoms with van der Waals surface area (Å²) in [6, 6.07) is 6.69. The summed E-state index contributed by atoms with van der Waals surface area (Å²) < 4.78 is 6.01. The number of ether oxygens (including phenoxy) is 1. The van der Waals surface area contributed by atoms with Gasteiger partial charge in [-0.25, -0.2) is 0 Å². The number of hydrogen-bond acceptors (Lipinski definition) is 6. The van der Waals surface area contributed by atoms with Crippen LogP contribution in [0.5, 0.6) is 0 Å². The van der Waals surface area contributed by atoms with Crippen LogP contribution in [0.25, 0.3) is 0 Å². The Kier molecular flexibility index (Phi) is 5.48. The Morgan fingerprint density at radius 3 is 2.44 bits per heavy atom. The fourth-order valence-electron chi connectivity index (χ4n) is 2.37. The van der Waals surface area contributed by atoms with E-state index in [1.54, 1.807) is 42.8 Å². The SMILES string of the molecule is COC(=O)CNC(=O)c1ccc(Cn2nc(C)c([N+](=O)[O-])c2C)cc1. The first-order valence-electron chi connectivity index (χ1n) is 7.45. The van der Waals surface area contributed by atoms with E-state index < -0.39 is 16.8 Å². The maximum atomic E-state index is 11.9. The summed E-state index contributed by atoms with van der Waals surface area (Å²) in [6.07, 6.45) is 0. The zero-order valence-electron chi connectivity index (χ0n) is 14.1. The van der Waals surface area contributed by atoms with Gasteiger partial charge in [-0.05, 0) is 31.5 Å². The Morgan fingerprint density at radius 1 is 1.28 bits per heavy atom. The smallest absolute Gasteiger partial charge is 0.325 e. The molecule has 9 nitrogen and oxygen atoms in total. The molecule has 0 saturated heterocycles. The van der Waals surface area contributed by atoms with E-state index in [0.717, 1.165) is 5.56 Å². The number of aryl methyl sites for hydroxylation is 1. The summed E-state index contributed by atoms with van der Waals surface area (Å²) in [5, 5.41) is 17.7. The summed E-state index contributed by atoms with van der Waals surface area (Å²) in [5.41, 5.74) is 2.08. The number of amides is 1. The number of carbonyl (C=O) groups is 2. The third-order valence-electron chi connectivity index (χ3n) is 3.70. The van der Waals surface area contributed by atoms with Gasteiger partial charge in [0.05, 0.1) is 18.6 Å². The summed E-state index contributed by atoms with van der Waals surface area (Å²) in [5.74, 6) is -0.921. The van der Waals surface area contributed by atoms with Crippen LogP contribution in [0.2, 0.25) is 0 Å². The molecule has 0 aliphatic carbocycles. The van der Waals surface area contributed by atoms with Crippen LogP contribution in [0.4, 0.5) is 5.69 Å². The van der Waals surface area contributed by atoms with Crippen molar-refractivity contribution in [3.05, 3.63) is 56.9 Å². The number of benzene rings is 1. The Hall–Kier alpha value is -3.23. The Bertz CT molecular complexity index is 811. The molecule has 1 aromatic carbocycles. The third kappa shape index (κ3) is 4.19. The Morgan fingerprint density at radius 2 is 1.92 bits per heavy atom. The van der Waals surface area contributed by atoms with Crippen molar-refractivity contribution in [2.45, 2.75) is 20.4 Å². The molecule has 1 amide bonds. The molecule has 0 bridgehead atoms. The molecule has 0 saturated carbocycles. The zero-order chi connectivity index (χ0) is 18.6. The summed E-state index contributed by atoms with van der Waals surface area (Å²) >= 11 is 0. The van der Waals surface area contributed by atoms with Gasteiger partial charge < -0.3 is 10.1 Å². The summed E-state index contributed by atoms with van der Waals surface area (Å²) in [6.45, 7) is 3.39. The first kappa shape index (κ1) is 18.1. The van der Waals surface area contributed by atoms with Crippen molar-refractivity contribution in [3.63, 3.8) is 0 Å². The minimum absolute atomic E-state index is 0.0128. The average Bonchev–Trinajstić information content (AvgIpc) is 2.86. The van der Waals surface area contributed by atoms with Crippen molar-refractivity contribution in [2.75, 3.05) is 13.7 Å². The molecule has 0 fully saturated rings. The van der Waals surface area contributed by atoms with Crippen molar-refractivity contribution < 1.29 is 19.2 Å². The number of methoxy groups -OCH3 is 1. The van der Waals surface area contributed by atoms with Crippen LogP contribution < -0.4 is 5.32 Å². The van der Waals surface area contributed by atoms with Gasteiger partial charge in [0, 0.05) is 5.56 Å². The molecule has 1 N–H and O–H groups in total. The number of nitro groups is 1. The van der Waals surface area contributed by atoms with Crippen LogP contribution in [0.3, 0.4) is 0 Å². The number of aromatic nitrogens is 2. The van der Waals surface area contributed by atoms with E-state index in [2.05, 4.69) is 15.2 Å². The minimum Gasteiger partial charge on any atom is -0.468 e.